The Kier molecular flexibility index (Phi) is 5.32. The summed E-state index contributed by atoms with van der Waals surface area (Å²) >= 11 is 12.4. The zero-order valence-corrected chi connectivity index (χ0v) is 14.0. The lowest BCUT2D eigenvalue weighted by Gasteiger charge is -2.21. The van der Waals surface area contributed by atoms with E-state index in [1.54, 1.807) is 6.07 Å². The fourth-order valence-corrected chi connectivity index (χ4v) is 2.70. The van der Waals surface area contributed by atoms with Gasteiger partial charge in [-0.2, -0.15) is 0 Å². The van der Waals surface area contributed by atoms with E-state index in [9.17, 15) is 0 Å². The summed E-state index contributed by atoms with van der Waals surface area (Å²) in [4.78, 5) is 6.57. The summed E-state index contributed by atoms with van der Waals surface area (Å²) in [5, 5.41) is 4.24. The van der Waals surface area contributed by atoms with Crippen LogP contribution < -0.4 is 10.2 Å². The molecule has 1 heterocycles. The van der Waals surface area contributed by atoms with Crippen LogP contribution in [0, 0.1) is 6.92 Å². The Balaban J connectivity index is 2.28. The highest BCUT2D eigenvalue weighted by molar-refractivity contribution is 6.37. The second-order valence-electron chi connectivity index (χ2n) is 4.94. The zero-order valence-electron chi connectivity index (χ0n) is 12.5. The predicted molar refractivity (Wildman–Crippen MR) is 91.7 cm³/mol. The summed E-state index contributed by atoms with van der Waals surface area (Å²) in [5.41, 5.74) is 2.50. The van der Waals surface area contributed by atoms with Crippen molar-refractivity contribution in [3.8, 4) is 0 Å². The summed E-state index contributed by atoms with van der Waals surface area (Å²) in [6.07, 6.45) is 0. The van der Waals surface area contributed by atoms with Gasteiger partial charge >= 0.3 is 0 Å². The molecule has 3 nitrogen and oxygen atoms in total. The van der Waals surface area contributed by atoms with Crippen LogP contribution in [0.2, 0.25) is 10.0 Å². The Morgan fingerprint density at radius 1 is 1.19 bits per heavy atom. The molecule has 1 aromatic carbocycles. The fraction of sp³-hybridized carbons (Fsp3) is 0.312. The number of halogens is 2. The molecule has 2 rings (SSSR count). The lowest BCUT2D eigenvalue weighted by Crippen LogP contribution is -2.19. The average molecular weight is 324 g/mol. The van der Waals surface area contributed by atoms with Gasteiger partial charge in [-0.15, -0.1) is 0 Å². The molecule has 0 saturated carbocycles. The molecule has 0 radical (unpaired) electrons. The summed E-state index contributed by atoms with van der Waals surface area (Å²) in [5.74, 6) is 1.38. The van der Waals surface area contributed by atoms with E-state index in [0.29, 0.717) is 15.9 Å². The van der Waals surface area contributed by atoms with Crippen LogP contribution in [-0.2, 0) is 6.54 Å². The first-order valence-electron chi connectivity index (χ1n) is 6.88. The maximum Gasteiger partial charge on any atom is 0.149 e. The minimum Gasteiger partial charge on any atom is -0.369 e. The summed E-state index contributed by atoms with van der Waals surface area (Å²) in [6, 6.07) is 10.0. The van der Waals surface area contributed by atoms with Gasteiger partial charge in [-0.1, -0.05) is 47.5 Å². The van der Waals surface area contributed by atoms with Crippen molar-refractivity contribution in [2.24, 2.45) is 0 Å². The van der Waals surface area contributed by atoms with Gasteiger partial charge in [0.2, 0.25) is 0 Å². The molecular weight excluding hydrogens is 305 g/mol. The molecule has 0 aliphatic rings. The lowest BCUT2D eigenvalue weighted by atomic mass is 10.1. The van der Waals surface area contributed by atoms with E-state index < -0.39 is 0 Å². The number of aromatic nitrogens is 1. The van der Waals surface area contributed by atoms with Gasteiger partial charge in [-0.3, -0.25) is 0 Å². The van der Waals surface area contributed by atoms with Gasteiger partial charge in [0.05, 0.1) is 10.0 Å². The molecule has 21 heavy (non-hydrogen) atoms. The van der Waals surface area contributed by atoms with Gasteiger partial charge in [-0.25, -0.2) is 4.98 Å². The van der Waals surface area contributed by atoms with Crippen LogP contribution in [-0.4, -0.2) is 18.6 Å². The third kappa shape index (κ3) is 3.80. The minimum atomic E-state index is 0.537. The lowest BCUT2D eigenvalue weighted by molar-refractivity contribution is 0.891. The highest BCUT2D eigenvalue weighted by Gasteiger charge is 2.13. The number of hydrogen-bond acceptors (Lipinski definition) is 3. The first-order valence-corrected chi connectivity index (χ1v) is 7.64. The van der Waals surface area contributed by atoms with E-state index in [2.05, 4.69) is 29.4 Å². The molecule has 0 aliphatic heterocycles. The maximum absolute atomic E-state index is 6.29. The highest BCUT2D eigenvalue weighted by Crippen LogP contribution is 2.31. The van der Waals surface area contributed by atoms with Gasteiger partial charge < -0.3 is 10.2 Å². The molecule has 5 heteroatoms. The number of aryl methyl sites for hydroxylation is 1. The number of rotatable bonds is 5. The van der Waals surface area contributed by atoms with Crippen molar-refractivity contribution >= 4 is 34.8 Å². The van der Waals surface area contributed by atoms with Gasteiger partial charge in [0.15, 0.2) is 0 Å². The number of anilines is 2. The van der Waals surface area contributed by atoms with Crippen LogP contribution in [0.5, 0.6) is 0 Å². The van der Waals surface area contributed by atoms with Gasteiger partial charge in [-0.05, 0) is 31.0 Å². The standard InChI is InChI=1S/C16H19Cl2N3/c1-4-19-15-13(17)9-14(18)16(20-15)21(3)10-12-8-6-5-7-11(12)2/h5-9H,4,10H2,1-3H3,(H,19,20). The van der Waals surface area contributed by atoms with Crippen molar-refractivity contribution in [2.75, 3.05) is 23.8 Å². The van der Waals surface area contributed by atoms with Gasteiger partial charge in [0, 0.05) is 20.1 Å². The Morgan fingerprint density at radius 2 is 1.90 bits per heavy atom. The van der Waals surface area contributed by atoms with Crippen LogP contribution in [0.25, 0.3) is 0 Å². The van der Waals surface area contributed by atoms with Gasteiger partial charge in [0.1, 0.15) is 11.6 Å². The minimum absolute atomic E-state index is 0.537. The van der Waals surface area contributed by atoms with E-state index in [4.69, 9.17) is 23.2 Å². The normalized spacial score (nSPS) is 10.5. The second kappa shape index (κ2) is 7.01. The first kappa shape index (κ1) is 15.9. The Bertz CT molecular complexity index is 629. The molecule has 1 N–H and O–H groups in total. The van der Waals surface area contributed by atoms with Crippen LogP contribution in [0.15, 0.2) is 30.3 Å². The molecule has 0 spiro atoms. The number of benzene rings is 1. The van der Waals surface area contributed by atoms with E-state index >= 15 is 0 Å². The predicted octanol–water partition coefficient (Wildman–Crippen LogP) is 4.77. The van der Waals surface area contributed by atoms with Crippen molar-refractivity contribution in [3.63, 3.8) is 0 Å². The summed E-state index contributed by atoms with van der Waals surface area (Å²) in [6.45, 7) is 5.61. The molecule has 0 aliphatic carbocycles. The quantitative estimate of drug-likeness (QED) is 0.859. The molecule has 0 saturated heterocycles. The van der Waals surface area contributed by atoms with E-state index in [0.717, 1.165) is 18.9 Å². The monoisotopic (exact) mass is 323 g/mol. The fourth-order valence-electron chi connectivity index (χ4n) is 2.13. The Morgan fingerprint density at radius 3 is 2.57 bits per heavy atom. The van der Waals surface area contributed by atoms with E-state index in [-0.39, 0.29) is 0 Å². The Labute approximate surface area is 135 Å². The average Bonchev–Trinajstić information content (AvgIpc) is 2.44. The van der Waals surface area contributed by atoms with Crippen molar-refractivity contribution in [3.05, 3.63) is 51.5 Å². The van der Waals surface area contributed by atoms with Crippen LogP contribution in [0.4, 0.5) is 11.6 Å². The summed E-state index contributed by atoms with van der Waals surface area (Å²) in [7, 11) is 1.98. The smallest absolute Gasteiger partial charge is 0.149 e. The molecule has 112 valence electrons. The van der Waals surface area contributed by atoms with Crippen molar-refractivity contribution in [1.82, 2.24) is 4.98 Å². The number of pyridine rings is 1. The largest absolute Gasteiger partial charge is 0.369 e. The molecule has 0 fully saturated rings. The Hall–Kier alpha value is -1.45. The third-order valence-corrected chi connectivity index (χ3v) is 3.85. The number of hydrogen-bond donors (Lipinski definition) is 1. The molecule has 0 atom stereocenters. The molecule has 1 aromatic heterocycles. The molecular formula is C16H19Cl2N3. The van der Waals surface area contributed by atoms with E-state index in [1.165, 1.54) is 11.1 Å². The number of nitrogens with zero attached hydrogens (tertiary/aromatic N) is 2. The van der Waals surface area contributed by atoms with Crippen molar-refractivity contribution < 1.29 is 0 Å². The van der Waals surface area contributed by atoms with Crippen molar-refractivity contribution in [1.29, 1.82) is 0 Å². The number of nitrogens with one attached hydrogen (secondary N) is 1. The molecule has 0 unspecified atom stereocenters. The van der Waals surface area contributed by atoms with Crippen LogP contribution in [0.1, 0.15) is 18.1 Å². The molecule has 0 bridgehead atoms. The maximum atomic E-state index is 6.29. The van der Waals surface area contributed by atoms with E-state index in [1.807, 2.05) is 31.0 Å². The zero-order chi connectivity index (χ0) is 15.4. The highest BCUT2D eigenvalue weighted by atomic mass is 35.5. The van der Waals surface area contributed by atoms with Crippen molar-refractivity contribution in [2.45, 2.75) is 20.4 Å². The molecule has 0 amide bonds. The topological polar surface area (TPSA) is 28.2 Å². The van der Waals surface area contributed by atoms with Gasteiger partial charge in [0.25, 0.3) is 0 Å². The summed E-state index contributed by atoms with van der Waals surface area (Å²) < 4.78 is 0. The first-order chi connectivity index (χ1) is 10.0. The SMILES string of the molecule is CCNc1nc(N(C)Cc2ccccc2C)c(Cl)cc1Cl. The second-order valence-corrected chi connectivity index (χ2v) is 5.75. The van der Waals surface area contributed by atoms with Crippen LogP contribution >= 0.6 is 23.2 Å². The molecule has 2 aromatic rings. The van der Waals surface area contributed by atoms with Crippen LogP contribution in [0.3, 0.4) is 0 Å². The third-order valence-electron chi connectivity index (χ3n) is 3.29.